The average molecular weight is 289 g/mol. The second-order valence-electron chi connectivity index (χ2n) is 5.72. The van der Waals surface area contributed by atoms with Crippen molar-refractivity contribution < 1.29 is 9.53 Å². The van der Waals surface area contributed by atoms with Crippen molar-refractivity contribution in [1.82, 2.24) is 0 Å². The molecule has 2 nitrogen and oxygen atoms in total. The van der Waals surface area contributed by atoms with Crippen LogP contribution in [0.5, 0.6) is 0 Å². The molecular formula is C16H29ClO2. The van der Waals surface area contributed by atoms with Gasteiger partial charge in [0.15, 0.2) is 0 Å². The standard InChI is InChI=1S/C16H29ClO2/c17-13-7-3-1-2-4-8-14-19-16(18)12-11-15-9-5-6-10-15/h15H,1-14H2. The van der Waals surface area contributed by atoms with Crippen LogP contribution < -0.4 is 0 Å². The lowest BCUT2D eigenvalue weighted by atomic mass is 10.0. The lowest BCUT2D eigenvalue weighted by Gasteiger charge is -2.08. The normalized spacial score (nSPS) is 15.8. The molecule has 19 heavy (non-hydrogen) atoms. The molecule has 0 aromatic carbocycles. The monoisotopic (exact) mass is 288 g/mol. The minimum atomic E-state index is 0.00837. The van der Waals surface area contributed by atoms with Gasteiger partial charge in [0, 0.05) is 12.3 Å². The van der Waals surface area contributed by atoms with Gasteiger partial charge in [0.1, 0.15) is 0 Å². The number of esters is 1. The van der Waals surface area contributed by atoms with Crippen molar-refractivity contribution in [1.29, 1.82) is 0 Å². The van der Waals surface area contributed by atoms with Crippen molar-refractivity contribution >= 4 is 17.6 Å². The quantitative estimate of drug-likeness (QED) is 0.301. The Labute approximate surface area is 123 Å². The molecule has 0 radical (unpaired) electrons. The van der Waals surface area contributed by atoms with Crippen molar-refractivity contribution in [3.63, 3.8) is 0 Å². The van der Waals surface area contributed by atoms with Gasteiger partial charge in [-0.2, -0.15) is 0 Å². The third-order valence-corrected chi connectivity index (χ3v) is 4.29. The number of ether oxygens (including phenoxy) is 1. The van der Waals surface area contributed by atoms with Gasteiger partial charge < -0.3 is 4.74 Å². The van der Waals surface area contributed by atoms with Gasteiger partial charge in [0.05, 0.1) is 6.61 Å². The molecule has 0 atom stereocenters. The van der Waals surface area contributed by atoms with E-state index in [0.717, 1.165) is 37.5 Å². The Kier molecular flexibility index (Phi) is 10.2. The topological polar surface area (TPSA) is 26.3 Å². The molecule has 0 aliphatic heterocycles. The summed E-state index contributed by atoms with van der Waals surface area (Å²) in [5.74, 6) is 1.57. The number of halogens is 1. The van der Waals surface area contributed by atoms with Crippen LogP contribution in [-0.2, 0) is 9.53 Å². The molecule has 1 aliphatic rings. The van der Waals surface area contributed by atoms with Gasteiger partial charge in [-0.3, -0.25) is 4.79 Å². The van der Waals surface area contributed by atoms with Crippen molar-refractivity contribution in [2.45, 2.75) is 77.0 Å². The van der Waals surface area contributed by atoms with Crippen molar-refractivity contribution in [3.8, 4) is 0 Å². The van der Waals surface area contributed by atoms with E-state index >= 15 is 0 Å². The molecule has 0 bridgehead atoms. The molecule has 1 fully saturated rings. The predicted octanol–water partition coefficient (Wildman–Crippen LogP) is 5.08. The van der Waals surface area contributed by atoms with Crippen LogP contribution >= 0.6 is 11.6 Å². The van der Waals surface area contributed by atoms with E-state index in [1.807, 2.05) is 0 Å². The van der Waals surface area contributed by atoms with Gasteiger partial charge in [-0.15, -0.1) is 11.6 Å². The fraction of sp³-hybridized carbons (Fsp3) is 0.938. The summed E-state index contributed by atoms with van der Waals surface area (Å²) in [5.41, 5.74) is 0. The van der Waals surface area contributed by atoms with Gasteiger partial charge in [-0.1, -0.05) is 51.4 Å². The highest BCUT2D eigenvalue weighted by Gasteiger charge is 2.16. The first-order valence-electron chi connectivity index (χ1n) is 8.04. The molecule has 0 N–H and O–H groups in total. The van der Waals surface area contributed by atoms with E-state index in [1.165, 1.54) is 44.9 Å². The maximum Gasteiger partial charge on any atom is 0.305 e. The molecule has 0 aromatic heterocycles. The Bertz CT molecular complexity index is 225. The molecule has 1 saturated carbocycles. The first-order valence-corrected chi connectivity index (χ1v) is 8.58. The second-order valence-corrected chi connectivity index (χ2v) is 6.10. The summed E-state index contributed by atoms with van der Waals surface area (Å²) in [7, 11) is 0. The van der Waals surface area contributed by atoms with Crippen LogP contribution in [0.25, 0.3) is 0 Å². The highest BCUT2D eigenvalue weighted by molar-refractivity contribution is 6.17. The zero-order valence-corrected chi connectivity index (χ0v) is 12.9. The summed E-state index contributed by atoms with van der Waals surface area (Å²) in [4.78, 5) is 11.5. The van der Waals surface area contributed by atoms with Crippen LogP contribution in [0.2, 0.25) is 0 Å². The Balaban J connectivity index is 1.81. The van der Waals surface area contributed by atoms with Crippen LogP contribution in [0.3, 0.4) is 0 Å². The average Bonchev–Trinajstić information content (AvgIpc) is 2.93. The van der Waals surface area contributed by atoms with Gasteiger partial charge in [-0.25, -0.2) is 0 Å². The van der Waals surface area contributed by atoms with Gasteiger partial charge in [0.2, 0.25) is 0 Å². The lowest BCUT2D eigenvalue weighted by Crippen LogP contribution is -2.07. The van der Waals surface area contributed by atoms with E-state index in [0.29, 0.717) is 13.0 Å². The number of rotatable bonds is 11. The van der Waals surface area contributed by atoms with Gasteiger partial charge in [-0.05, 0) is 25.2 Å². The number of carbonyl (C=O) groups excluding carboxylic acids is 1. The number of hydrogen-bond donors (Lipinski definition) is 0. The molecule has 0 saturated heterocycles. The summed E-state index contributed by atoms with van der Waals surface area (Å²) >= 11 is 5.62. The number of hydrogen-bond acceptors (Lipinski definition) is 2. The van der Waals surface area contributed by atoms with E-state index in [1.54, 1.807) is 0 Å². The molecule has 112 valence electrons. The molecule has 0 aromatic rings. The van der Waals surface area contributed by atoms with Crippen molar-refractivity contribution in [3.05, 3.63) is 0 Å². The Hall–Kier alpha value is -0.240. The summed E-state index contributed by atoms with van der Waals surface area (Å²) in [6.07, 6.45) is 14.0. The van der Waals surface area contributed by atoms with E-state index < -0.39 is 0 Å². The second kappa shape index (κ2) is 11.6. The smallest absolute Gasteiger partial charge is 0.305 e. The molecule has 0 amide bonds. The highest BCUT2D eigenvalue weighted by Crippen LogP contribution is 2.28. The van der Waals surface area contributed by atoms with E-state index in [-0.39, 0.29) is 5.97 Å². The SMILES string of the molecule is O=C(CCC1CCCC1)OCCCCCCCCCl. The molecular weight excluding hydrogens is 260 g/mol. The molecule has 1 rings (SSSR count). The highest BCUT2D eigenvalue weighted by atomic mass is 35.5. The summed E-state index contributed by atoms with van der Waals surface area (Å²) in [6, 6.07) is 0. The Morgan fingerprint density at radius 1 is 1.00 bits per heavy atom. The Morgan fingerprint density at radius 3 is 2.32 bits per heavy atom. The first-order chi connectivity index (χ1) is 9.33. The minimum Gasteiger partial charge on any atom is -0.466 e. The van der Waals surface area contributed by atoms with E-state index in [4.69, 9.17) is 16.3 Å². The van der Waals surface area contributed by atoms with Crippen LogP contribution in [0.1, 0.15) is 77.0 Å². The zero-order valence-electron chi connectivity index (χ0n) is 12.2. The van der Waals surface area contributed by atoms with Crippen molar-refractivity contribution in [2.24, 2.45) is 5.92 Å². The van der Waals surface area contributed by atoms with E-state index in [2.05, 4.69) is 0 Å². The number of alkyl halides is 1. The Morgan fingerprint density at radius 2 is 1.63 bits per heavy atom. The molecule has 3 heteroatoms. The maximum absolute atomic E-state index is 11.5. The maximum atomic E-state index is 11.5. The van der Waals surface area contributed by atoms with Crippen LogP contribution in [0, 0.1) is 5.92 Å². The predicted molar refractivity (Wildman–Crippen MR) is 80.6 cm³/mol. The fourth-order valence-corrected chi connectivity index (χ4v) is 2.97. The van der Waals surface area contributed by atoms with Gasteiger partial charge >= 0.3 is 5.97 Å². The molecule has 0 unspecified atom stereocenters. The van der Waals surface area contributed by atoms with Gasteiger partial charge in [0.25, 0.3) is 0 Å². The third kappa shape index (κ3) is 9.32. The molecule has 1 aliphatic carbocycles. The summed E-state index contributed by atoms with van der Waals surface area (Å²) < 4.78 is 5.27. The largest absolute Gasteiger partial charge is 0.466 e. The van der Waals surface area contributed by atoms with Crippen LogP contribution in [-0.4, -0.2) is 18.5 Å². The van der Waals surface area contributed by atoms with Crippen LogP contribution in [0.4, 0.5) is 0 Å². The summed E-state index contributed by atoms with van der Waals surface area (Å²) in [6.45, 7) is 0.610. The number of unbranched alkanes of at least 4 members (excludes halogenated alkanes) is 5. The third-order valence-electron chi connectivity index (χ3n) is 4.02. The molecule has 0 heterocycles. The fourth-order valence-electron chi connectivity index (χ4n) is 2.78. The molecule has 0 spiro atoms. The summed E-state index contributed by atoms with van der Waals surface area (Å²) in [5, 5.41) is 0. The van der Waals surface area contributed by atoms with Crippen LogP contribution in [0.15, 0.2) is 0 Å². The minimum absolute atomic E-state index is 0.00837. The number of carbonyl (C=O) groups is 1. The lowest BCUT2D eigenvalue weighted by molar-refractivity contribution is -0.144. The van der Waals surface area contributed by atoms with Crippen molar-refractivity contribution in [2.75, 3.05) is 12.5 Å². The zero-order chi connectivity index (χ0) is 13.8. The first kappa shape index (κ1) is 16.8. The van der Waals surface area contributed by atoms with E-state index in [9.17, 15) is 4.79 Å².